The highest BCUT2D eigenvalue weighted by molar-refractivity contribution is 6.35. The summed E-state index contributed by atoms with van der Waals surface area (Å²) in [6.07, 6.45) is 4.39. The second-order valence-corrected chi connectivity index (χ2v) is 4.97. The zero-order chi connectivity index (χ0) is 14.4. The fourth-order valence-corrected chi connectivity index (χ4v) is 1.97. The Labute approximate surface area is 126 Å². The van der Waals surface area contributed by atoms with Crippen LogP contribution in [0.2, 0.25) is 10.0 Å². The van der Waals surface area contributed by atoms with Crippen molar-refractivity contribution in [3.8, 4) is 0 Å². The van der Waals surface area contributed by atoms with E-state index in [0.29, 0.717) is 22.3 Å². The third-order valence-corrected chi connectivity index (χ3v) is 3.15. The van der Waals surface area contributed by atoms with Crippen LogP contribution < -0.4 is 10.6 Å². The smallest absolute Gasteiger partial charge is 0.319 e. The summed E-state index contributed by atoms with van der Waals surface area (Å²) in [6, 6.07) is 6.46. The first-order valence-electron chi connectivity index (χ1n) is 6.12. The van der Waals surface area contributed by atoms with E-state index in [2.05, 4.69) is 15.7 Å². The number of halogens is 2. The molecule has 2 aromatic rings. The van der Waals surface area contributed by atoms with Crippen molar-refractivity contribution in [3.05, 3.63) is 46.7 Å². The summed E-state index contributed by atoms with van der Waals surface area (Å²) in [5, 5.41) is 10.4. The second kappa shape index (κ2) is 7.17. The maximum atomic E-state index is 11.7. The summed E-state index contributed by atoms with van der Waals surface area (Å²) in [5.41, 5.74) is 0.490. The van der Waals surface area contributed by atoms with Crippen LogP contribution in [0.15, 0.2) is 36.7 Å². The molecule has 1 aromatic heterocycles. The molecule has 0 atom stereocenters. The van der Waals surface area contributed by atoms with Gasteiger partial charge in [0.2, 0.25) is 0 Å². The number of carbonyl (C=O) groups is 1. The van der Waals surface area contributed by atoms with Crippen molar-refractivity contribution in [2.24, 2.45) is 0 Å². The molecule has 0 saturated carbocycles. The highest BCUT2D eigenvalue weighted by Crippen LogP contribution is 2.25. The quantitative estimate of drug-likeness (QED) is 0.831. The van der Waals surface area contributed by atoms with E-state index in [9.17, 15) is 4.79 Å². The molecule has 2 N–H and O–H groups in total. The fraction of sp³-hybridized carbons (Fsp3) is 0.231. The topological polar surface area (TPSA) is 59.0 Å². The van der Waals surface area contributed by atoms with Crippen LogP contribution in [-0.4, -0.2) is 22.4 Å². The van der Waals surface area contributed by atoms with E-state index in [1.165, 1.54) is 0 Å². The molecule has 106 valence electrons. The summed E-state index contributed by atoms with van der Waals surface area (Å²) in [4.78, 5) is 11.7. The summed E-state index contributed by atoms with van der Waals surface area (Å²) in [5.74, 6) is 0. The minimum atomic E-state index is -0.311. The molecule has 7 heteroatoms. The van der Waals surface area contributed by atoms with Crippen LogP contribution in [0.3, 0.4) is 0 Å². The Balaban J connectivity index is 1.73. The lowest BCUT2D eigenvalue weighted by Gasteiger charge is -2.09. The maximum Gasteiger partial charge on any atom is 0.319 e. The fourth-order valence-electron chi connectivity index (χ4n) is 1.64. The lowest BCUT2D eigenvalue weighted by atomic mass is 10.3. The molecule has 20 heavy (non-hydrogen) atoms. The highest BCUT2D eigenvalue weighted by Gasteiger charge is 2.05. The van der Waals surface area contributed by atoms with Crippen molar-refractivity contribution in [3.63, 3.8) is 0 Å². The number of amides is 2. The van der Waals surface area contributed by atoms with Crippen LogP contribution in [0.25, 0.3) is 0 Å². The molecule has 1 aromatic carbocycles. The summed E-state index contributed by atoms with van der Waals surface area (Å²) >= 11 is 11.8. The van der Waals surface area contributed by atoms with E-state index in [1.54, 1.807) is 24.4 Å². The van der Waals surface area contributed by atoms with Gasteiger partial charge in [-0.05, 0) is 30.7 Å². The third kappa shape index (κ3) is 4.43. The molecular weight excluding hydrogens is 299 g/mol. The van der Waals surface area contributed by atoms with Gasteiger partial charge in [0.15, 0.2) is 0 Å². The van der Waals surface area contributed by atoms with E-state index in [-0.39, 0.29) is 6.03 Å². The van der Waals surface area contributed by atoms with E-state index in [1.807, 2.05) is 16.9 Å². The maximum absolute atomic E-state index is 11.7. The molecule has 2 amide bonds. The summed E-state index contributed by atoms with van der Waals surface area (Å²) in [6.45, 7) is 1.30. The number of rotatable bonds is 5. The van der Waals surface area contributed by atoms with Crippen LogP contribution >= 0.6 is 23.2 Å². The molecule has 0 saturated heterocycles. The Morgan fingerprint density at radius 1 is 1.35 bits per heavy atom. The van der Waals surface area contributed by atoms with Gasteiger partial charge in [0.25, 0.3) is 0 Å². The lowest BCUT2D eigenvalue weighted by Crippen LogP contribution is -2.30. The van der Waals surface area contributed by atoms with Crippen molar-refractivity contribution in [1.82, 2.24) is 15.1 Å². The molecule has 0 aliphatic carbocycles. The van der Waals surface area contributed by atoms with Crippen LogP contribution in [-0.2, 0) is 6.54 Å². The van der Waals surface area contributed by atoms with Crippen LogP contribution in [0, 0.1) is 0 Å². The zero-order valence-corrected chi connectivity index (χ0v) is 12.2. The van der Waals surface area contributed by atoms with Crippen LogP contribution in [0.5, 0.6) is 0 Å². The van der Waals surface area contributed by atoms with Crippen molar-refractivity contribution in [1.29, 1.82) is 0 Å². The number of nitrogens with zero attached hydrogens (tertiary/aromatic N) is 2. The molecule has 0 aliphatic heterocycles. The van der Waals surface area contributed by atoms with Crippen molar-refractivity contribution < 1.29 is 4.79 Å². The van der Waals surface area contributed by atoms with E-state index < -0.39 is 0 Å². The lowest BCUT2D eigenvalue weighted by molar-refractivity contribution is 0.251. The van der Waals surface area contributed by atoms with Gasteiger partial charge in [0.05, 0.1) is 10.7 Å². The highest BCUT2D eigenvalue weighted by atomic mass is 35.5. The predicted octanol–water partition coefficient (Wildman–Crippen LogP) is 3.40. The molecule has 0 aliphatic rings. The van der Waals surface area contributed by atoms with Gasteiger partial charge in [-0.25, -0.2) is 4.79 Å². The molecule has 0 bridgehead atoms. The molecule has 0 spiro atoms. The van der Waals surface area contributed by atoms with Crippen molar-refractivity contribution in [2.45, 2.75) is 13.0 Å². The van der Waals surface area contributed by atoms with Gasteiger partial charge in [-0.3, -0.25) is 4.68 Å². The monoisotopic (exact) mass is 312 g/mol. The van der Waals surface area contributed by atoms with Gasteiger partial charge < -0.3 is 10.6 Å². The van der Waals surface area contributed by atoms with E-state index in [0.717, 1.165) is 13.0 Å². The number of carbonyl (C=O) groups excluding carboxylic acids is 1. The van der Waals surface area contributed by atoms with E-state index in [4.69, 9.17) is 23.2 Å². The Hall–Kier alpha value is -1.72. The third-order valence-electron chi connectivity index (χ3n) is 2.59. The summed E-state index contributed by atoms with van der Waals surface area (Å²) < 4.78 is 1.81. The summed E-state index contributed by atoms with van der Waals surface area (Å²) in [7, 11) is 0. The Bertz CT molecular complexity index is 572. The average molecular weight is 313 g/mol. The van der Waals surface area contributed by atoms with Gasteiger partial charge in [-0.2, -0.15) is 5.10 Å². The van der Waals surface area contributed by atoms with Gasteiger partial charge >= 0.3 is 6.03 Å². The second-order valence-electron chi connectivity index (χ2n) is 4.13. The number of benzene rings is 1. The Morgan fingerprint density at radius 2 is 2.20 bits per heavy atom. The number of hydrogen-bond donors (Lipinski definition) is 2. The number of aromatic nitrogens is 2. The minimum absolute atomic E-state index is 0.311. The molecule has 2 rings (SSSR count). The largest absolute Gasteiger partial charge is 0.338 e. The number of aryl methyl sites for hydroxylation is 1. The average Bonchev–Trinajstić information content (AvgIpc) is 2.92. The Kier molecular flexibility index (Phi) is 5.26. The number of anilines is 1. The SMILES string of the molecule is O=C(NCCCn1cccn1)Nc1cc(Cl)ccc1Cl. The van der Waals surface area contributed by atoms with Gasteiger partial charge in [0, 0.05) is 30.5 Å². The molecule has 5 nitrogen and oxygen atoms in total. The molecule has 0 radical (unpaired) electrons. The van der Waals surface area contributed by atoms with E-state index >= 15 is 0 Å². The van der Waals surface area contributed by atoms with Gasteiger partial charge in [-0.1, -0.05) is 23.2 Å². The molecular formula is C13H14Cl2N4O. The Morgan fingerprint density at radius 3 is 2.95 bits per heavy atom. The van der Waals surface area contributed by atoms with Crippen molar-refractivity contribution >= 4 is 34.9 Å². The number of nitrogens with one attached hydrogen (secondary N) is 2. The molecule has 1 heterocycles. The van der Waals surface area contributed by atoms with Crippen LogP contribution in [0.4, 0.5) is 10.5 Å². The first-order valence-corrected chi connectivity index (χ1v) is 6.88. The first kappa shape index (κ1) is 14.7. The first-order chi connectivity index (χ1) is 9.65. The predicted molar refractivity (Wildman–Crippen MR) is 80.3 cm³/mol. The zero-order valence-electron chi connectivity index (χ0n) is 10.6. The standard InChI is InChI=1S/C13H14Cl2N4O/c14-10-3-4-11(15)12(9-10)18-13(20)16-5-1-7-19-8-2-6-17-19/h2-4,6,8-9H,1,5,7H2,(H2,16,18,20). The normalized spacial score (nSPS) is 10.3. The van der Waals surface area contributed by atoms with Crippen LogP contribution in [0.1, 0.15) is 6.42 Å². The number of hydrogen-bond acceptors (Lipinski definition) is 2. The molecule has 0 unspecified atom stereocenters. The minimum Gasteiger partial charge on any atom is -0.338 e. The van der Waals surface area contributed by atoms with Crippen molar-refractivity contribution in [2.75, 3.05) is 11.9 Å². The van der Waals surface area contributed by atoms with Gasteiger partial charge in [-0.15, -0.1) is 0 Å². The number of urea groups is 1. The molecule has 0 fully saturated rings. The van der Waals surface area contributed by atoms with Gasteiger partial charge in [0.1, 0.15) is 0 Å².